The Bertz CT molecular complexity index is 1250. The number of sulfonamides is 1. The molecule has 3 heterocycles. The van der Waals surface area contributed by atoms with E-state index in [0.717, 1.165) is 12.6 Å². The Hall–Kier alpha value is -2.47. The largest absolute Gasteiger partial charge is 0.619 e. The van der Waals surface area contributed by atoms with Crippen molar-refractivity contribution in [3.8, 4) is 0 Å². The SMILES string of the molecule is O=C(OC1([C@H]2CCC[C@@H](c3cc(F)c[n+]([O-])c3)N2S(=O)(=O)c2ccc(Cl)cc2)CC1)N1CCC[C@H]1CO. The van der Waals surface area contributed by atoms with Gasteiger partial charge in [-0.3, -0.25) is 0 Å². The molecule has 9 nitrogen and oxygen atoms in total. The van der Waals surface area contributed by atoms with Crippen LogP contribution in [0.15, 0.2) is 47.6 Å². The molecule has 3 fully saturated rings. The summed E-state index contributed by atoms with van der Waals surface area (Å²) in [7, 11) is -4.17. The van der Waals surface area contributed by atoms with Gasteiger partial charge < -0.3 is 20.0 Å². The number of nitrogens with zero attached hydrogens (tertiary/aromatic N) is 3. The van der Waals surface area contributed by atoms with Gasteiger partial charge >= 0.3 is 6.09 Å². The van der Waals surface area contributed by atoms with Gasteiger partial charge in [0.05, 0.1) is 29.6 Å². The molecule has 2 aromatic rings. The number of hydrogen-bond acceptors (Lipinski definition) is 6. The Labute approximate surface area is 220 Å². The number of hydrogen-bond donors (Lipinski definition) is 1. The van der Waals surface area contributed by atoms with E-state index in [-0.39, 0.29) is 23.1 Å². The summed E-state index contributed by atoms with van der Waals surface area (Å²) in [5.41, 5.74) is -0.808. The van der Waals surface area contributed by atoms with E-state index < -0.39 is 39.6 Å². The Kier molecular flexibility index (Phi) is 7.08. The highest BCUT2D eigenvalue weighted by molar-refractivity contribution is 7.89. The second-order valence-electron chi connectivity index (χ2n) is 10.0. The Morgan fingerprint density at radius 2 is 1.92 bits per heavy atom. The molecule has 1 amide bonds. The molecule has 200 valence electrons. The minimum absolute atomic E-state index is 0.00205. The summed E-state index contributed by atoms with van der Waals surface area (Å²) in [5, 5.41) is 22.1. The van der Waals surface area contributed by atoms with Gasteiger partial charge in [-0.05, 0) is 75.3 Å². The molecule has 3 aliphatic rings. The van der Waals surface area contributed by atoms with Crippen LogP contribution in [0.25, 0.3) is 0 Å². The number of carbonyl (C=O) groups is 1. The van der Waals surface area contributed by atoms with Gasteiger partial charge in [0, 0.05) is 17.1 Å². The molecule has 0 unspecified atom stereocenters. The molecule has 1 N–H and O–H groups in total. The van der Waals surface area contributed by atoms with Gasteiger partial charge in [-0.25, -0.2) is 17.6 Å². The first kappa shape index (κ1) is 26.1. The lowest BCUT2D eigenvalue weighted by molar-refractivity contribution is -0.607. The number of pyridine rings is 1. The number of aliphatic hydroxyl groups excluding tert-OH is 1. The van der Waals surface area contributed by atoms with Crippen molar-refractivity contribution in [3.05, 3.63) is 64.3 Å². The fraction of sp³-hybridized carbons (Fsp3) is 0.520. The highest BCUT2D eigenvalue weighted by Crippen LogP contribution is 2.52. The van der Waals surface area contributed by atoms with E-state index in [1.807, 2.05) is 0 Å². The number of carbonyl (C=O) groups excluding carboxylic acids is 1. The smallest absolute Gasteiger partial charge is 0.410 e. The maximum absolute atomic E-state index is 14.2. The first-order valence-corrected chi connectivity index (χ1v) is 14.3. The molecule has 12 heteroatoms. The van der Waals surface area contributed by atoms with Gasteiger partial charge in [-0.1, -0.05) is 11.6 Å². The molecular weight excluding hydrogens is 525 g/mol. The predicted octanol–water partition coefficient (Wildman–Crippen LogP) is 3.52. The van der Waals surface area contributed by atoms with E-state index in [1.54, 1.807) is 0 Å². The fourth-order valence-electron chi connectivity index (χ4n) is 5.69. The zero-order valence-corrected chi connectivity index (χ0v) is 21.7. The maximum atomic E-state index is 14.2. The van der Waals surface area contributed by atoms with Crippen LogP contribution in [-0.4, -0.2) is 59.7 Å². The van der Waals surface area contributed by atoms with Crippen LogP contribution < -0.4 is 4.73 Å². The molecular formula is C25H29ClFN3O6S. The number of halogens is 2. The average Bonchev–Trinajstić information content (AvgIpc) is 3.47. The van der Waals surface area contributed by atoms with E-state index in [2.05, 4.69) is 0 Å². The van der Waals surface area contributed by atoms with E-state index in [0.29, 0.717) is 54.8 Å². The summed E-state index contributed by atoms with van der Waals surface area (Å²) >= 11 is 5.99. The van der Waals surface area contributed by atoms with Gasteiger partial charge in [0.1, 0.15) is 5.60 Å². The van der Waals surface area contributed by atoms with Crippen LogP contribution in [0.5, 0.6) is 0 Å². The summed E-state index contributed by atoms with van der Waals surface area (Å²) in [5.74, 6) is -0.768. The number of rotatable bonds is 6. The Balaban J connectivity index is 1.54. The van der Waals surface area contributed by atoms with Crippen molar-refractivity contribution < 1.29 is 32.2 Å². The second-order valence-corrected chi connectivity index (χ2v) is 12.3. The third kappa shape index (κ3) is 5.01. The number of amides is 1. The summed E-state index contributed by atoms with van der Waals surface area (Å²) in [6, 6.07) is 5.07. The summed E-state index contributed by atoms with van der Waals surface area (Å²) in [6.07, 6.45) is 5.18. The van der Waals surface area contributed by atoms with E-state index >= 15 is 0 Å². The number of ether oxygens (including phenoxy) is 1. The highest BCUT2D eigenvalue weighted by Gasteiger charge is 2.60. The lowest BCUT2D eigenvalue weighted by atomic mass is 9.90. The first-order chi connectivity index (χ1) is 17.6. The minimum Gasteiger partial charge on any atom is -0.619 e. The Morgan fingerprint density at radius 1 is 1.19 bits per heavy atom. The van der Waals surface area contributed by atoms with Crippen LogP contribution in [-0.2, 0) is 14.8 Å². The lowest BCUT2D eigenvalue weighted by Crippen LogP contribution is -2.54. The second kappa shape index (κ2) is 10.0. The van der Waals surface area contributed by atoms with Crippen molar-refractivity contribution in [2.75, 3.05) is 13.2 Å². The van der Waals surface area contributed by atoms with Crippen molar-refractivity contribution in [3.63, 3.8) is 0 Å². The minimum atomic E-state index is -4.17. The average molecular weight is 554 g/mol. The van der Waals surface area contributed by atoms with Gasteiger partial charge in [-0.2, -0.15) is 9.04 Å². The van der Waals surface area contributed by atoms with Crippen LogP contribution >= 0.6 is 11.6 Å². The maximum Gasteiger partial charge on any atom is 0.410 e. The van der Waals surface area contributed by atoms with Crippen LogP contribution in [0.1, 0.15) is 56.6 Å². The quantitative estimate of drug-likeness (QED) is 0.432. The summed E-state index contributed by atoms with van der Waals surface area (Å²) < 4.78 is 50.1. The number of aliphatic hydroxyl groups is 1. The van der Waals surface area contributed by atoms with E-state index in [9.17, 15) is 27.9 Å². The number of likely N-dealkylation sites (tertiary alicyclic amines) is 1. The molecule has 1 saturated carbocycles. The van der Waals surface area contributed by atoms with E-state index in [4.69, 9.17) is 16.3 Å². The molecule has 0 spiro atoms. The zero-order valence-electron chi connectivity index (χ0n) is 20.1. The number of benzene rings is 1. The fourth-order valence-corrected chi connectivity index (χ4v) is 7.74. The molecule has 2 aliphatic heterocycles. The standard InChI is InChI=1S/C25H29ClFN3O6S/c26-18-6-8-21(9-7-18)37(34,35)30-22(17-13-19(27)15-28(33)14-17)4-1-5-23(30)25(10-11-25)36-24(32)29-12-2-3-20(29)16-31/h6-9,13-15,20,22-23,31H,1-5,10-12,16H2/t20-,22-,23+/m0/s1. The zero-order chi connectivity index (χ0) is 26.4. The summed E-state index contributed by atoms with van der Waals surface area (Å²) in [6.45, 7) is 0.298. The number of aromatic nitrogens is 1. The van der Waals surface area contributed by atoms with Crippen molar-refractivity contribution in [2.24, 2.45) is 0 Å². The molecule has 5 rings (SSSR count). The van der Waals surface area contributed by atoms with Gasteiger partial charge in [0.2, 0.25) is 16.2 Å². The van der Waals surface area contributed by atoms with Crippen molar-refractivity contribution in [2.45, 2.75) is 73.6 Å². The number of piperidine rings is 1. The van der Waals surface area contributed by atoms with Crippen LogP contribution in [0.2, 0.25) is 5.02 Å². The Morgan fingerprint density at radius 3 is 2.57 bits per heavy atom. The predicted molar refractivity (Wildman–Crippen MR) is 131 cm³/mol. The van der Waals surface area contributed by atoms with Gasteiger partial charge in [0.25, 0.3) is 0 Å². The molecule has 1 aromatic carbocycles. The third-order valence-electron chi connectivity index (χ3n) is 7.64. The molecule has 0 radical (unpaired) electrons. The summed E-state index contributed by atoms with van der Waals surface area (Å²) in [4.78, 5) is 14.6. The topological polar surface area (TPSA) is 114 Å². The van der Waals surface area contributed by atoms with Gasteiger partial charge in [0.15, 0.2) is 12.0 Å². The van der Waals surface area contributed by atoms with Crippen molar-refractivity contribution in [1.29, 1.82) is 0 Å². The molecule has 3 atom stereocenters. The van der Waals surface area contributed by atoms with Crippen LogP contribution in [0.3, 0.4) is 0 Å². The molecule has 2 saturated heterocycles. The third-order valence-corrected chi connectivity index (χ3v) is 9.82. The van der Waals surface area contributed by atoms with Crippen molar-refractivity contribution >= 4 is 27.7 Å². The normalized spacial score (nSPS) is 25.7. The molecule has 1 aromatic heterocycles. The van der Waals surface area contributed by atoms with Crippen molar-refractivity contribution in [1.82, 2.24) is 9.21 Å². The molecule has 37 heavy (non-hydrogen) atoms. The molecule has 0 bridgehead atoms. The molecule has 1 aliphatic carbocycles. The van der Waals surface area contributed by atoms with Crippen LogP contribution in [0, 0.1) is 11.0 Å². The van der Waals surface area contributed by atoms with Crippen LogP contribution in [0.4, 0.5) is 9.18 Å². The monoisotopic (exact) mass is 553 g/mol. The van der Waals surface area contributed by atoms with E-state index in [1.165, 1.54) is 45.7 Å². The lowest BCUT2D eigenvalue weighted by Gasteiger charge is -2.44. The van der Waals surface area contributed by atoms with Gasteiger partial charge in [-0.15, -0.1) is 0 Å². The first-order valence-electron chi connectivity index (χ1n) is 12.4. The highest BCUT2D eigenvalue weighted by atomic mass is 35.5.